The average molecular weight is 577 g/mol. The van der Waals surface area contributed by atoms with Crippen LogP contribution < -0.4 is 20.1 Å². The molecule has 0 unspecified atom stereocenters. The summed E-state index contributed by atoms with van der Waals surface area (Å²) in [6.07, 6.45) is 2.21. The largest absolute Gasteiger partial charge is 0.490 e. The quantitative estimate of drug-likeness (QED) is 0.379. The van der Waals surface area contributed by atoms with Crippen molar-refractivity contribution in [2.45, 2.75) is 66.2 Å². The molecule has 41 heavy (non-hydrogen) atoms. The number of anilines is 1. The first kappa shape index (κ1) is 28.9. The first-order valence-corrected chi connectivity index (χ1v) is 14.5. The zero-order valence-corrected chi connectivity index (χ0v) is 25.0. The van der Waals surface area contributed by atoms with Gasteiger partial charge in [-0.25, -0.2) is 0 Å². The molecule has 0 atom stereocenters. The number of benzene rings is 2. The highest BCUT2D eigenvalue weighted by Crippen LogP contribution is 2.52. The third-order valence-electron chi connectivity index (χ3n) is 7.79. The number of dihydropyridines is 1. The molecule has 0 saturated heterocycles. The van der Waals surface area contributed by atoms with Crippen molar-refractivity contribution >= 4 is 34.8 Å². The van der Waals surface area contributed by atoms with Crippen molar-refractivity contribution in [1.29, 1.82) is 0 Å². The van der Waals surface area contributed by atoms with Crippen LogP contribution in [0.15, 0.2) is 65.0 Å². The average Bonchev–Trinajstić information content (AvgIpc) is 2.86. The van der Waals surface area contributed by atoms with Crippen molar-refractivity contribution in [2.75, 3.05) is 18.5 Å². The molecule has 0 bridgehead atoms. The Labute approximate surface area is 246 Å². The second kappa shape index (κ2) is 11.0. The van der Waals surface area contributed by atoms with Gasteiger partial charge in [-0.3, -0.25) is 14.4 Å². The van der Waals surface area contributed by atoms with Crippen LogP contribution in [-0.4, -0.2) is 30.7 Å². The summed E-state index contributed by atoms with van der Waals surface area (Å²) in [6.45, 7) is 10.3. The Bertz CT molecular complexity index is 1420. The van der Waals surface area contributed by atoms with Crippen LogP contribution >= 0.6 is 11.6 Å². The number of rotatable bonds is 7. The molecule has 2 aromatic rings. The Morgan fingerprint density at radius 2 is 1.51 bits per heavy atom. The van der Waals surface area contributed by atoms with E-state index in [9.17, 15) is 14.4 Å². The van der Waals surface area contributed by atoms with E-state index in [4.69, 9.17) is 21.1 Å². The zero-order chi connectivity index (χ0) is 29.5. The lowest BCUT2D eigenvalue weighted by Crippen LogP contribution is -2.42. The Kier molecular flexibility index (Phi) is 7.77. The van der Waals surface area contributed by atoms with Crippen LogP contribution in [0.1, 0.15) is 71.8 Å². The predicted octanol–water partition coefficient (Wildman–Crippen LogP) is 6.73. The molecule has 1 amide bonds. The summed E-state index contributed by atoms with van der Waals surface area (Å²) >= 11 is 6.79. The number of allylic oxidation sites excluding steroid dienone is 4. The van der Waals surface area contributed by atoms with E-state index < -0.39 is 5.92 Å². The van der Waals surface area contributed by atoms with Gasteiger partial charge >= 0.3 is 0 Å². The molecule has 0 radical (unpaired) electrons. The fraction of sp³-hybridized carbons (Fsp3) is 0.424. The SMILES string of the molecule is CCOc1cc(C2C3=C(CC(C)(C)CC3=O)NC3=C2C(=O)CC(C)(C)C3)cc(Cl)c1OCC(=O)Nc1ccccc1. The van der Waals surface area contributed by atoms with Gasteiger partial charge in [0, 0.05) is 47.0 Å². The third-order valence-corrected chi connectivity index (χ3v) is 8.07. The van der Waals surface area contributed by atoms with Crippen LogP contribution in [0.5, 0.6) is 11.5 Å². The molecule has 3 aliphatic rings. The number of amides is 1. The van der Waals surface area contributed by atoms with E-state index in [1.54, 1.807) is 24.3 Å². The number of halogens is 1. The summed E-state index contributed by atoms with van der Waals surface area (Å²) in [4.78, 5) is 39.9. The second-order valence-electron chi connectivity index (χ2n) is 12.7. The van der Waals surface area contributed by atoms with Crippen molar-refractivity contribution in [3.05, 3.63) is 75.6 Å². The molecule has 216 valence electrons. The number of nitrogens with one attached hydrogen (secondary N) is 2. The maximum atomic E-state index is 13.7. The molecule has 0 saturated carbocycles. The Morgan fingerprint density at radius 1 is 0.927 bits per heavy atom. The van der Waals surface area contributed by atoms with Crippen molar-refractivity contribution in [1.82, 2.24) is 5.32 Å². The Balaban J connectivity index is 1.53. The number of para-hydroxylation sites is 1. The number of carbonyl (C=O) groups excluding carboxylic acids is 3. The lowest BCUT2D eigenvalue weighted by Gasteiger charge is -2.44. The van der Waals surface area contributed by atoms with Crippen LogP contribution in [0.3, 0.4) is 0 Å². The minimum Gasteiger partial charge on any atom is -0.490 e. The van der Waals surface area contributed by atoms with Gasteiger partial charge in [0.15, 0.2) is 29.7 Å². The van der Waals surface area contributed by atoms with E-state index in [1.807, 2.05) is 25.1 Å². The number of ketones is 2. The standard InChI is InChI=1S/C33H37ClN2O5/c1-6-40-26-13-19(12-21(34)31(26)41-18-27(39)35-20-10-8-7-9-11-20)28-29-22(14-32(2,3)16-24(29)37)36-23-15-33(4,5)17-25(38)30(23)28/h7-13,28,36H,6,14-18H2,1-5H3,(H,35,39). The Morgan fingerprint density at radius 3 is 2.07 bits per heavy atom. The Hall–Kier alpha value is -3.58. The maximum Gasteiger partial charge on any atom is 0.262 e. The summed E-state index contributed by atoms with van der Waals surface area (Å²) in [6, 6.07) is 12.6. The molecular weight excluding hydrogens is 540 g/mol. The molecule has 2 aromatic carbocycles. The summed E-state index contributed by atoms with van der Waals surface area (Å²) in [7, 11) is 0. The van der Waals surface area contributed by atoms with E-state index in [0.29, 0.717) is 60.4 Å². The van der Waals surface area contributed by atoms with Crippen molar-refractivity contribution in [3.8, 4) is 11.5 Å². The van der Waals surface area contributed by atoms with E-state index in [1.165, 1.54) is 0 Å². The fourth-order valence-corrected chi connectivity index (χ4v) is 6.51. The number of carbonyl (C=O) groups is 3. The molecule has 1 heterocycles. The van der Waals surface area contributed by atoms with Crippen LogP contribution in [-0.2, 0) is 14.4 Å². The summed E-state index contributed by atoms with van der Waals surface area (Å²) < 4.78 is 11.8. The summed E-state index contributed by atoms with van der Waals surface area (Å²) in [5.74, 6) is -0.231. The van der Waals surface area contributed by atoms with Crippen molar-refractivity contribution < 1.29 is 23.9 Å². The van der Waals surface area contributed by atoms with E-state index >= 15 is 0 Å². The normalized spacial score (nSPS) is 19.8. The molecule has 1 aliphatic heterocycles. The molecule has 0 fully saturated rings. The maximum absolute atomic E-state index is 13.7. The highest BCUT2D eigenvalue weighted by molar-refractivity contribution is 6.32. The van der Waals surface area contributed by atoms with Crippen molar-refractivity contribution in [3.63, 3.8) is 0 Å². The number of Topliss-reactive ketones (excluding diaryl/α,β-unsaturated/α-hetero) is 2. The van der Waals surface area contributed by atoms with Gasteiger partial charge in [-0.05, 0) is 60.4 Å². The van der Waals surface area contributed by atoms with Crippen LogP contribution in [0, 0.1) is 10.8 Å². The zero-order valence-electron chi connectivity index (χ0n) is 24.3. The molecule has 8 heteroatoms. The first-order valence-electron chi connectivity index (χ1n) is 14.1. The molecule has 0 aromatic heterocycles. The highest BCUT2D eigenvalue weighted by atomic mass is 35.5. The van der Waals surface area contributed by atoms with Gasteiger partial charge < -0.3 is 20.1 Å². The van der Waals surface area contributed by atoms with Crippen LogP contribution in [0.4, 0.5) is 5.69 Å². The molecule has 0 spiro atoms. The minimum atomic E-state index is -0.555. The second-order valence-corrected chi connectivity index (χ2v) is 13.1. The highest BCUT2D eigenvalue weighted by Gasteiger charge is 2.46. The monoisotopic (exact) mass is 576 g/mol. The summed E-state index contributed by atoms with van der Waals surface area (Å²) in [5.41, 5.74) is 4.00. The first-order chi connectivity index (χ1) is 19.4. The van der Waals surface area contributed by atoms with E-state index in [0.717, 1.165) is 11.4 Å². The minimum absolute atomic E-state index is 0.0323. The van der Waals surface area contributed by atoms with Gasteiger partial charge in [-0.15, -0.1) is 0 Å². The van der Waals surface area contributed by atoms with Gasteiger partial charge in [-0.2, -0.15) is 0 Å². The number of hydrogen-bond donors (Lipinski definition) is 2. The number of ether oxygens (including phenoxy) is 2. The molecule has 2 aliphatic carbocycles. The van der Waals surface area contributed by atoms with Crippen LogP contribution in [0.2, 0.25) is 5.02 Å². The fourth-order valence-electron chi connectivity index (χ4n) is 6.24. The van der Waals surface area contributed by atoms with Gasteiger partial charge in [0.1, 0.15) is 0 Å². The molecular formula is C33H37ClN2O5. The van der Waals surface area contributed by atoms with E-state index in [-0.39, 0.29) is 45.7 Å². The summed E-state index contributed by atoms with van der Waals surface area (Å²) in [5, 5.41) is 6.57. The van der Waals surface area contributed by atoms with E-state index in [2.05, 4.69) is 38.3 Å². The third kappa shape index (κ3) is 6.05. The van der Waals surface area contributed by atoms with Crippen LogP contribution in [0.25, 0.3) is 0 Å². The topological polar surface area (TPSA) is 93.7 Å². The lowest BCUT2D eigenvalue weighted by atomic mass is 9.64. The smallest absolute Gasteiger partial charge is 0.262 e. The number of hydrogen-bond acceptors (Lipinski definition) is 6. The van der Waals surface area contributed by atoms with Gasteiger partial charge in [0.25, 0.3) is 5.91 Å². The lowest BCUT2D eigenvalue weighted by molar-refractivity contribution is -0.119. The molecule has 7 nitrogen and oxygen atoms in total. The molecule has 2 N–H and O–H groups in total. The van der Waals surface area contributed by atoms with Gasteiger partial charge in [0.2, 0.25) is 0 Å². The predicted molar refractivity (Wildman–Crippen MR) is 159 cm³/mol. The molecule has 5 rings (SSSR count). The van der Waals surface area contributed by atoms with Crippen molar-refractivity contribution in [2.24, 2.45) is 10.8 Å². The van der Waals surface area contributed by atoms with Gasteiger partial charge in [-0.1, -0.05) is 57.5 Å². The van der Waals surface area contributed by atoms with Gasteiger partial charge in [0.05, 0.1) is 11.6 Å².